The molecule has 1 aliphatic rings. The van der Waals surface area contributed by atoms with Gasteiger partial charge in [-0.3, -0.25) is 9.59 Å². The molecule has 0 amide bonds. The summed E-state index contributed by atoms with van der Waals surface area (Å²) in [4.78, 5) is 32.3. The molecule has 0 bridgehead atoms. The second kappa shape index (κ2) is 5.42. The summed E-state index contributed by atoms with van der Waals surface area (Å²) in [6, 6.07) is 4.47. The Morgan fingerprint density at radius 3 is 2.73 bits per heavy atom. The monoisotopic (exact) mass is 361 g/mol. The highest BCUT2D eigenvalue weighted by molar-refractivity contribution is 9.12. The van der Waals surface area contributed by atoms with Crippen molar-refractivity contribution in [2.24, 2.45) is 0 Å². The molecule has 1 aromatic heterocycles. The molecule has 1 aliphatic carbocycles. The average Bonchev–Trinajstić information content (AvgIpc) is 2.53. The Bertz CT molecular complexity index is 848. The third-order valence-corrected chi connectivity index (χ3v) is 4.02. The van der Waals surface area contributed by atoms with Gasteiger partial charge in [-0.2, -0.15) is 0 Å². The number of fused-ring (bicyclic) bond motifs is 1. The lowest BCUT2D eigenvalue weighted by Crippen LogP contribution is -2.25. The smallest absolute Gasteiger partial charge is 0.221 e. The van der Waals surface area contributed by atoms with Gasteiger partial charge in [-0.15, -0.1) is 0 Å². The van der Waals surface area contributed by atoms with Gasteiger partial charge in [0.2, 0.25) is 11.6 Å². The SMILES string of the molecule is Cc1ccc(NC2=C(Br)C(=O)c3ncncc3C2=O)cc1F. The number of aryl methyl sites for hydroxylation is 1. The first kappa shape index (κ1) is 14.5. The van der Waals surface area contributed by atoms with Gasteiger partial charge in [-0.05, 0) is 40.5 Å². The number of carbonyl (C=O) groups is 2. The first-order valence-electron chi connectivity index (χ1n) is 6.31. The number of hydrogen-bond donors (Lipinski definition) is 1. The van der Waals surface area contributed by atoms with Gasteiger partial charge in [0.15, 0.2) is 0 Å². The van der Waals surface area contributed by atoms with E-state index in [1.165, 1.54) is 18.6 Å². The molecule has 0 radical (unpaired) electrons. The van der Waals surface area contributed by atoms with Crippen LogP contribution < -0.4 is 5.32 Å². The zero-order valence-corrected chi connectivity index (χ0v) is 12.9. The average molecular weight is 362 g/mol. The van der Waals surface area contributed by atoms with Gasteiger partial charge in [-0.25, -0.2) is 14.4 Å². The number of ketones is 2. The van der Waals surface area contributed by atoms with Gasteiger partial charge in [-0.1, -0.05) is 6.07 Å². The Balaban J connectivity index is 2.03. The minimum Gasteiger partial charge on any atom is -0.351 e. The van der Waals surface area contributed by atoms with Crippen LogP contribution in [-0.2, 0) is 0 Å². The predicted molar refractivity (Wildman–Crippen MR) is 81.4 cm³/mol. The van der Waals surface area contributed by atoms with Crippen LogP contribution in [0, 0.1) is 12.7 Å². The second-order valence-corrected chi connectivity index (χ2v) is 5.51. The molecule has 7 heteroatoms. The van der Waals surface area contributed by atoms with E-state index in [-0.39, 0.29) is 21.4 Å². The van der Waals surface area contributed by atoms with Crippen LogP contribution in [0.1, 0.15) is 26.4 Å². The Morgan fingerprint density at radius 1 is 1.23 bits per heavy atom. The molecule has 110 valence electrons. The zero-order chi connectivity index (χ0) is 15.9. The number of nitrogens with zero attached hydrogens (tertiary/aromatic N) is 2. The molecule has 0 saturated heterocycles. The molecule has 0 unspecified atom stereocenters. The van der Waals surface area contributed by atoms with E-state index < -0.39 is 17.4 Å². The maximum Gasteiger partial charge on any atom is 0.221 e. The number of hydrogen-bond acceptors (Lipinski definition) is 5. The number of aromatic nitrogens is 2. The lowest BCUT2D eigenvalue weighted by atomic mass is 9.98. The van der Waals surface area contributed by atoms with E-state index >= 15 is 0 Å². The fourth-order valence-electron chi connectivity index (χ4n) is 2.06. The fraction of sp³-hybridized carbons (Fsp3) is 0.0667. The first-order chi connectivity index (χ1) is 10.5. The molecule has 0 saturated carbocycles. The molecule has 0 spiro atoms. The molecule has 0 fully saturated rings. The van der Waals surface area contributed by atoms with Crippen LogP contribution in [-0.4, -0.2) is 21.5 Å². The molecule has 0 aliphatic heterocycles. The minimum atomic E-state index is -0.428. The van der Waals surface area contributed by atoms with Crippen molar-refractivity contribution >= 4 is 33.2 Å². The Labute approximate surface area is 133 Å². The number of anilines is 1. The summed E-state index contributed by atoms with van der Waals surface area (Å²) in [6.07, 6.45) is 2.50. The molecule has 3 rings (SSSR count). The molecule has 1 N–H and O–H groups in total. The third kappa shape index (κ3) is 2.33. The fourth-order valence-corrected chi connectivity index (χ4v) is 2.52. The molecule has 1 heterocycles. The van der Waals surface area contributed by atoms with Crippen molar-refractivity contribution in [1.29, 1.82) is 0 Å². The molecule has 5 nitrogen and oxygen atoms in total. The zero-order valence-electron chi connectivity index (χ0n) is 11.4. The number of nitrogens with one attached hydrogen (secondary N) is 1. The molecule has 22 heavy (non-hydrogen) atoms. The van der Waals surface area contributed by atoms with Gasteiger partial charge < -0.3 is 5.32 Å². The Kier molecular flexibility index (Phi) is 3.58. The molecule has 1 aromatic carbocycles. The van der Waals surface area contributed by atoms with E-state index in [4.69, 9.17) is 0 Å². The number of halogens is 2. The summed E-state index contributed by atoms with van der Waals surface area (Å²) < 4.78 is 13.7. The summed E-state index contributed by atoms with van der Waals surface area (Å²) in [7, 11) is 0. The van der Waals surface area contributed by atoms with E-state index in [9.17, 15) is 14.0 Å². The van der Waals surface area contributed by atoms with Crippen molar-refractivity contribution in [3.63, 3.8) is 0 Å². The highest BCUT2D eigenvalue weighted by Gasteiger charge is 2.32. The number of carbonyl (C=O) groups excluding carboxylic acids is 2. The lowest BCUT2D eigenvalue weighted by Gasteiger charge is -2.18. The maximum absolute atomic E-state index is 13.6. The van der Waals surface area contributed by atoms with Crippen molar-refractivity contribution in [2.75, 3.05) is 5.32 Å². The van der Waals surface area contributed by atoms with E-state index in [0.717, 1.165) is 0 Å². The molecule has 2 aromatic rings. The van der Waals surface area contributed by atoms with Crippen molar-refractivity contribution < 1.29 is 14.0 Å². The van der Waals surface area contributed by atoms with Crippen molar-refractivity contribution in [2.45, 2.75) is 6.92 Å². The molecular formula is C15H9BrFN3O2. The van der Waals surface area contributed by atoms with E-state index in [1.807, 2.05) is 0 Å². The van der Waals surface area contributed by atoms with E-state index in [0.29, 0.717) is 11.3 Å². The largest absolute Gasteiger partial charge is 0.351 e. The number of benzene rings is 1. The highest BCUT2D eigenvalue weighted by Crippen LogP contribution is 2.29. The lowest BCUT2D eigenvalue weighted by molar-refractivity contribution is 0.0979. The number of allylic oxidation sites excluding steroid dienone is 2. The highest BCUT2D eigenvalue weighted by atomic mass is 79.9. The normalized spacial score (nSPS) is 14.1. The van der Waals surface area contributed by atoms with E-state index in [2.05, 4.69) is 31.2 Å². The van der Waals surface area contributed by atoms with Gasteiger partial charge in [0.25, 0.3) is 0 Å². The summed E-state index contributed by atoms with van der Waals surface area (Å²) in [6.45, 7) is 1.64. The number of Topliss-reactive ketones (excluding diaryl/α,β-unsaturated/α-hetero) is 2. The van der Waals surface area contributed by atoms with Gasteiger partial charge in [0.1, 0.15) is 23.5 Å². The van der Waals surface area contributed by atoms with Crippen molar-refractivity contribution in [3.05, 3.63) is 63.5 Å². The van der Waals surface area contributed by atoms with Crippen LogP contribution in [0.5, 0.6) is 0 Å². The van der Waals surface area contributed by atoms with Crippen LogP contribution in [0.3, 0.4) is 0 Å². The van der Waals surface area contributed by atoms with Crippen LogP contribution in [0.25, 0.3) is 0 Å². The molecule has 0 atom stereocenters. The Morgan fingerprint density at radius 2 is 2.00 bits per heavy atom. The summed E-state index contributed by atoms with van der Waals surface area (Å²) in [5.41, 5.74) is 1.06. The summed E-state index contributed by atoms with van der Waals surface area (Å²) in [5, 5.41) is 2.79. The summed E-state index contributed by atoms with van der Waals surface area (Å²) >= 11 is 3.11. The van der Waals surface area contributed by atoms with Crippen LogP contribution >= 0.6 is 15.9 Å². The van der Waals surface area contributed by atoms with E-state index in [1.54, 1.807) is 19.1 Å². The number of rotatable bonds is 2. The summed E-state index contributed by atoms with van der Waals surface area (Å²) in [5.74, 6) is -1.25. The van der Waals surface area contributed by atoms with Crippen molar-refractivity contribution in [3.8, 4) is 0 Å². The standard InChI is InChI=1S/C15H9BrFN3O2/c1-7-2-3-8(4-10(7)17)20-13-11(16)15(22)12-9(14(13)21)5-18-6-19-12/h2-6,20H,1H3. The van der Waals surface area contributed by atoms with Crippen molar-refractivity contribution in [1.82, 2.24) is 9.97 Å². The predicted octanol–water partition coefficient (Wildman–Crippen LogP) is 3.02. The van der Waals surface area contributed by atoms with Crippen LogP contribution in [0.15, 0.2) is 40.9 Å². The quantitative estimate of drug-likeness (QED) is 0.889. The van der Waals surface area contributed by atoms with Crippen LogP contribution in [0.2, 0.25) is 0 Å². The Hall–Kier alpha value is -2.41. The topological polar surface area (TPSA) is 72.0 Å². The minimum absolute atomic E-state index is 0.0375. The molecular weight excluding hydrogens is 353 g/mol. The maximum atomic E-state index is 13.6. The second-order valence-electron chi connectivity index (χ2n) is 4.72. The van der Waals surface area contributed by atoms with Gasteiger partial charge in [0.05, 0.1) is 10.0 Å². The van der Waals surface area contributed by atoms with Gasteiger partial charge >= 0.3 is 0 Å². The van der Waals surface area contributed by atoms with Gasteiger partial charge in [0, 0.05) is 11.9 Å². The van der Waals surface area contributed by atoms with Crippen LogP contribution in [0.4, 0.5) is 10.1 Å². The third-order valence-electron chi connectivity index (χ3n) is 3.26. The first-order valence-corrected chi connectivity index (χ1v) is 7.10.